The van der Waals surface area contributed by atoms with Gasteiger partial charge in [0.25, 0.3) is 0 Å². The Morgan fingerprint density at radius 3 is 2.50 bits per heavy atom. The Balaban J connectivity index is 2.60. The summed E-state index contributed by atoms with van der Waals surface area (Å²) < 4.78 is 4.80. The minimum Gasteiger partial charge on any atom is -0.466 e. The van der Waals surface area contributed by atoms with E-state index in [1.54, 1.807) is 6.08 Å². The Bertz CT molecular complexity index is 606. The van der Waals surface area contributed by atoms with Crippen LogP contribution in [0, 0.1) is 28.1 Å². The normalized spacial score (nSPS) is 20.1. The van der Waals surface area contributed by atoms with Gasteiger partial charge in [0.2, 0.25) is 0 Å². The van der Waals surface area contributed by atoms with Crippen molar-refractivity contribution in [1.82, 2.24) is 0 Å². The van der Waals surface area contributed by atoms with Crippen LogP contribution >= 0.6 is 0 Å². The molecular weight excluding hydrogens is 252 g/mol. The molecule has 0 unspecified atom stereocenters. The molecule has 0 aromatic heterocycles. The zero-order valence-corrected chi connectivity index (χ0v) is 11.2. The van der Waals surface area contributed by atoms with E-state index in [9.17, 15) is 15.3 Å². The van der Waals surface area contributed by atoms with Gasteiger partial charge in [-0.2, -0.15) is 10.5 Å². The van der Waals surface area contributed by atoms with Crippen LogP contribution in [0.4, 0.5) is 0 Å². The van der Waals surface area contributed by atoms with Gasteiger partial charge in [-0.15, -0.1) is 0 Å². The molecule has 1 aliphatic carbocycles. The molecule has 0 amide bonds. The zero-order valence-electron chi connectivity index (χ0n) is 11.2. The van der Waals surface area contributed by atoms with Gasteiger partial charge >= 0.3 is 5.97 Å². The first-order valence-corrected chi connectivity index (χ1v) is 6.34. The van der Waals surface area contributed by atoms with E-state index in [4.69, 9.17) is 4.74 Å². The SMILES string of the molecule is COC(=O)C1=CCCC(C#N)(C#N)[C@H]1c1ccccc1. The zero-order chi connectivity index (χ0) is 14.6. The number of rotatable bonds is 2. The van der Waals surface area contributed by atoms with Crippen molar-refractivity contribution < 1.29 is 9.53 Å². The molecule has 0 saturated carbocycles. The fraction of sp³-hybridized carbons (Fsp3) is 0.312. The predicted octanol–water partition coefficient (Wildman–Crippen LogP) is 2.70. The smallest absolute Gasteiger partial charge is 0.334 e. The minimum atomic E-state index is -1.22. The van der Waals surface area contributed by atoms with E-state index in [2.05, 4.69) is 12.1 Å². The largest absolute Gasteiger partial charge is 0.466 e. The number of carbonyl (C=O) groups excluding carboxylic acids is 1. The van der Waals surface area contributed by atoms with E-state index in [-0.39, 0.29) is 0 Å². The molecule has 0 aliphatic heterocycles. The fourth-order valence-electron chi connectivity index (χ4n) is 2.68. The van der Waals surface area contributed by atoms with Crippen LogP contribution in [0.2, 0.25) is 0 Å². The summed E-state index contributed by atoms with van der Waals surface area (Å²) in [5.41, 5.74) is -0.0420. The maximum Gasteiger partial charge on any atom is 0.334 e. The summed E-state index contributed by atoms with van der Waals surface area (Å²) in [5, 5.41) is 19.0. The lowest BCUT2D eigenvalue weighted by Crippen LogP contribution is -2.33. The Kier molecular flexibility index (Phi) is 3.86. The molecule has 1 atom stereocenters. The average Bonchev–Trinajstić information content (AvgIpc) is 2.54. The summed E-state index contributed by atoms with van der Waals surface area (Å²) in [6.07, 6.45) is 2.71. The Morgan fingerprint density at radius 2 is 1.95 bits per heavy atom. The summed E-state index contributed by atoms with van der Waals surface area (Å²) in [6, 6.07) is 13.4. The Morgan fingerprint density at radius 1 is 1.30 bits per heavy atom. The maximum absolute atomic E-state index is 12.0. The summed E-state index contributed by atoms with van der Waals surface area (Å²) in [6.45, 7) is 0. The lowest BCUT2D eigenvalue weighted by atomic mass is 9.65. The number of hydrogen-bond donors (Lipinski definition) is 0. The molecule has 4 heteroatoms. The second-order valence-corrected chi connectivity index (χ2v) is 4.73. The van der Waals surface area contributed by atoms with E-state index in [1.165, 1.54) is 7.11 Å². The van der Waals surface area contributed by atoms with Gasteiger partial charge in [-0.05, 0) is 18.4 Å². The first-order chi connectivity index (χ1) is 9.68. The van der Waals surface area contributed by atoms with Crippen molar-refractivity contribution >= 4 is 5.97 Å². The molecular formula is C16H14N2O2. The molecule has 1 aromatic carbocycles. The van der Waals surface area contributed by atoms with Crippen LogP contribution in [-0.4, -0.2) is 13.1 Å². The highest BCUT2D eigenvalue weighted by molar-refractivity contribution is 5.91. The number of benzene rings is 1. The maximum atomic E-state index is 12.0. The van der Waals surface area contributed by atoms with Crippen LogP contribution in [0.3, 0.4) is 0 Å². The van der Waals surface area contributed by atoms with Gasteiger partial charge in [-0.3, -0.25) is 0 Å². The molecule has 4 nitrogen and oxygen atoms in total. The number of carbonyl (C=O) groups is 1. The number of hydrogen-bond acceptors (Lipinski definition) is 4. The summed E-state index contributed by atoms with van der Waals surface area (Å²) in [7, 11) is 1.31. The molecule has 2 rings (SSSR count). The summed E-state index contributed by atoms with van der Waals surface area (Å²) in [4.78, 5) is 12.0. The van der Waals surface area contributed by atoms with Gasteiger partial charge in [-0.25, -0.2) is 4.79 Å². The molecule has 0 spiro atoms. The molecule has 0 fully saturated rings. The number of esters is 1. The average molecular weight is 266 g/mol. The molecule has 0 heterocycles. The predicted molar refractivity (Wildman–Crippen MR) is 72.2 cm³/mol. The van der Waals surface area contributed by atoms with Crippen LogP contribution in [0.15, 0.2) is 42.0 Å². The van der Waals surface area contributed by atoms with Crippen molar-refractivity contribution in [3.05, 3.63) is 47.5 Å². The topological polar surface area (TPSA) is 73.9 Å². The molecule has 0 bridgehead atoms. The molecule has 20 heavy (non-hydrogen) atoms. The van der Waals surface area contributed by atoms with Crippen LogP contribution in [0.1, 0.15) is 24.3 Å². The fourth-order valence-corrected chi connectivity index (χ4v) is 2.68. The minimum absolute atomic E-state index is 0.396. The number of ether oxygens (including phenoxy) is 1. The highest BCUT2D eigenvalue weighted by atomic mass is 16.5. The van der Waals surface area contributed by atoms with Gasteiger partial charge in [0, 0.05) is 11.5 Å². The van der Waals surface area contributed by atoms with Gasteiger partial charge in [0.15, 0.2) is 5.41 Å². The van der Waals surface area contributed by atoms with Crippen LogP contribution in [0.5, 0.6) is 0 Å². The molecule has 0 saturated heterocycles. The standard InChI is InChI=1S/C16H14N2O2/c1-20-15(19)13-8-5-9-16(10-17,11-18)14(13)12-6-3-2-4-7-12/h2-4,6-8,14H,5,9H2,1H3/t14-/m0/s1. The van der Waals surface area contributed by atoms with Crippen molar-refractivity contribution in [3.63, 3.8) is 0 Å². The first-order valence-electron chi connectivity index (χ1n) is 6.34. The van der Waals surface area contributed by atoms with Gasteiger partial charge < -0.3 is 4.74 Å². The van der Waals surface area contributed by atoms with Crippen LogP contribution in [-0.2, 0) is 9.53 Å². The first kappa shape index (κ1) is 13.8. The third-order valence-corrected chi connectivity index (χ3v) is 3.66. The highest BCUT2D eigenvalue weighted by Crippen LogP contribution is 2.47. The Labute approximate surface area is 117 Å². The molecule has 0 N–H and O–H groups in total. The van der Waals surface area contributed by atoms with Crippen molar-refractivity contribution in [2.24, 2.45) is 5.41 Å². The molecule has 100 valence electrons. The van der Waals surface area contributed by atoms with Gasteiger partial charge in [0.1, 0.15) is 0 Å². The second-order valence-electron chi connectivity index (χ2n) is 4.73. The van der Waals surface area contributed by atoms with E-state index < -0.39 is 17.3 Å². The van der Waals surface area contributed by atoms with Gasteiger partial charge in [0.05, 0.1) is 19.2 Å². The van der Waals surface area contributed by atoms with Crippen LogP contribution in [0.25, 0.3) is 0 Å². The number of methoxy groups -OCH3 is 1. The number of allylic oxidation sites excluding steroid dienone is 1. The molecule has 1 aliphatic rings. The van der Waals surface area contributed by atoms with E-state index in [0.29, 0.717) is 18.4 Å². The lowest BCUT2D eigenvalue weighted by Gasteiger charge is -2.33. The van der Waals surface area contributed by atoms with Gasteiger partial charge in [-0.1, -0.05) is 36.4 Å². The van der Waals surface area contributed by atoms with Crippen molar-refractivity contribution in [3.8, 4) is 12.1 Å². The summed E-state index contributed by atoms with van der Waals surface area (Å²) in [5.74, 6) is -1.05. The summed E-state index contributed by atoms with van der Waals surface area (Å²) >= 11 is 0. The van der Waals surface area contributed by atoms with Crippen molar-refractivity contribution in [2.45, 2.75) is 18.8 Å². The van der Waals surface area contributed by atoms with Crippen LogP contribution < -0.4 is 0 Å². The third kappa shape index (κ3) is 2.17. The van der Waals surface area contributed by atoms with E-state index in [0.717, 1.165) is 5.56 Å². The second kappa shape index (κ2) is 5.59. The molecule has 0 radical (unpaired) electrons. The third-order valence-electron chi connectivity index (χ3n) is 3.66. The molecule has 1 aromatic rings. The number of nitriles is 2. The Hall–Kier alpha value is -2.59. The van der Waals surface area contributed by atoms with Crippen molar-refractivity contribution in [2.75, 3.05) is 7.11 Å². The monoisotopic (exact) mass is 266 g/mol. The quantitative estimate of drug-likeness (QED) is 0.771. The number of nitrogens with zero attached hydrogens (tertiary/aromatic N) is 2. The van der Waals surface area contributed by atoms with E-state index in [1.807, 2.05) is 30.3 Å². The highest BCUT2D eigenvalue weighted by Gasteiger charge is 2.46. The van der Waals surface area contributed by atoms with E-state index >= 15 is 0 Å². The lowest BCUT2D eigenvalue weighted by molar-refractivity contribution is -0.136. The van der Waals surface area contributed by atoms with Crippen molar-refractivity contribution in [1.29, 1.82) is 10.5 Å².